The zero-order valence-corrected chi connectivity index (χ0v) is 12.3. The van der Waals surface area contributed by atoms with Crippen LogP contribution in [0, 0.1) is 5.92 Å². The number of aromatic nitrogens is 2. The Morgan fingerprint density at radius 3 is 2.72 bits per heavy atom. The average Bonchev–Trinajstić information content (AvgIpc) is 2.84. The van der Waals surface area contributed by atoms with E-state index >= 15 is 0 Å². The highest BCUT2D eigenvalue weighted by atomic mass is 35.5. The average molecular weight is 294 g/mol. The van der Waals surface area contributed by atoms with Gasteiger partial charge in [-0.1, -0.05) is 13.3 Å². The summed E-state index contributed by atoms with van der Waals surface area (Å²) in [5.74, 6) is 0.815. The molecular weight excluding hydrogens is 274 g/mol. The fourth-order valence-corrected chi connectivity index (χ4v) is 2.93. The first-order valence-electron chi connectivity index (χ1n) is 6.10. The molecule has 7 heteroatoms. The minimum atomic E-state index is -3.50. The van der Waals surface area contributed by atoms with Crippen molar-refractivity contribution >= 4 is 21.6 Å². The Morgan fingerprint density at radius 2 is 2.22 bits per heavy atom. The monoisotopic (exact) mass is 293 g/mol. The fourth-order valence-electron chi connectivity index (χ4n) is 1.56. The van der Waals surface area contributed by atoms with Crippen molar-refractivity contribution in [3.63, 3.8) is 0 Å². The quantitative estimate of drug-likeness (QED) is 0.744. The molecule has 0 amide bonds. The second-order valence-electron chi connectivity index (χ2n) is 4.15. The Labute approximate surface area is 114 Å². The Morgan fingerprint density at radius 1 is 1.50 bits per heavy atom. The molecule has 1 unspecified atom stereocenters. The first-order valence-corrected chi connectivity index (χ1v) is 8.12. The van der Waals surface area contributed by atoms with Gasteiger partial charge in [-0.25, -0.2) is 18.1 Å². The van der Waals surface area contributed by atoms with Crippen LogP contribution in [-0.4, -0.2) is 30.4 Å². The van der Waals surface area contributed by atoms with Gasteiger partial charge in [-0.05, 0) is 19.3 Å². The predicted molar refractivity (Wildman–Crippen MR) is 72.2 cm³/mol. The molecule has 0 saturated carbocycles. The number of rotatable bonds is 8. The van der Waals surface area contributed by atoms with Crippen molar-refractivity contribution in [2.45, 2.75) is 38.3 Å². The van der Waals surface area contributed by atoms with E-state index in [1.165, 1.54) is 12.5 Å². The first-order chi connectivity index (χ1) is 8.53. The van der Waals surface area contributed by atoms with Gasteiger partial charge in [0.05, 0.1) is 6.33 Å². The van der Waals surface area contributed by atoms with Crippen LogP contribution in [0.4, 0.5) is 0 Å². The maximum absolute atomic E-state index is 12.0. The molecule has 5 nitrogen and oxygen atoms in total. The molecule has 0 saturated heterocycles. The van der Waals surface area contributed by atoms with Gasteiger partial charge in [0.2, 0.25) is 0 Å². The van der Waals surface area contributed by atoms with Crippen molar-refractivity contribution in [2.24, 2.45) is 5.92 Å². The van der Waals surface area contributed by atoms with Gasteiger partial charge < -0.3 is 4.57 Å². The zero-order chi connectivity index (χ0) is 13.6. The van der Waals surface area contributed by atoms with Crippen LogP contribution in [0.15, 0.2) is 17.6 Å². The van der Waals surface area contributed by atoms with Gasteiger partial charge in [0.25, 0.3) is 10.0 Å². The standard InChI is InChI=1S/C11H20ClN3O2S/c1-3-10(5-6-12)7-14-18(16,17)11-8-15(4-2)9-13-11/h8-10,14H,3-7H2,1-2H3. The van der Waals surface area contributed by atoms with Gasteiger partial charge in [-0.2, -0.15) is 0 Å². The van der Waals surface area contributed by atoms with Gasteiger partial charge in [-0.15, -0.1) is 11.6 Å². The zero-order valence-electron chi connectivity index (χ0n) is 10.8. The summed E-state index contributed by atoms with van der Waals surface area (Å²) in [5, 5.41) is 0.0741. The molecule has 0 aromatic carbocycles. The van der Waals surface area contributed by atoms with Crippen LogP contribution in [0.5, 0.6) is 0 Å². The smallest absolute Gasteiger partial charge is 0.259 e. The van der Waals surface area contributed by atoms with E-state index in [1.807, 2.05) is 13.8 Å². The minimum absolute atomic E-state index is 0.0741. The number of hydrogen-bond donors (Lipinski definition) is 1. The second-order valence-corrected chi connectivity index (χ2v) is 6.24. The van der Waals surface area contributed by atoms with E-state index in [0.29, 0.717) is 19.0 Å². The van der Waals surface area contributed by atoms with E-state index in [2.05, 4.69) is 9.71 Å². The van der Waals surface area contributed by atoms with Gasteiger partial charge in [0, 0.05) is 25.2 Å². The van der Waals surface area contributed by atoms with Gasteiger partial charge in [-0.3, -0.25) is 0 Å². The molecule has 0 aliphatic carbocycles. The summed E-state index contributed by atoms with van der Waals surface area (Å²) in [6.45, 7) is 5.06. The molecule has 0 aliphatic heterocycles. The third-order valence-electron chi connectivity index (χ3n) is 2.91. The van der Waals surface area contributed by atoms with Gasteiger partial charge >= 0.3 is 0 Å². The highest BCUT2D eigenvalue weighted by molar-refractivity contribution is 7.89. The van der Waals surface area contributed by atoms with Crippen LogP contribution in [0.2, 0.25) is 0 Å². The summed E-state index contributed by atoms with van der Waals surface area (Å²) < 4.78 is 28.2. The van der Waals surface area contributed by atoms with Crippen LogP contribution in [0.1, 0.15) is 26.7 Å². The SMILES string of the molecule is CCC(CCCl)CNS(=O)(=O)c1cn(CC)cn1. The lowest BCUT2D eigenvalue weighted by Crippen LogP contribution is -2.29. The normalized spacial score (nSPS) is 13.7. The lowest BCUT2D eigenvalue weighted by Gasteiger charge is -2.13. The number of alkyl halides is 1. The molecule has 0 radical (unpaired) electrons. The number of sulfonamides is 1. The summed E-state index contributed by atoms with van der Waals surface area (Å²) in [6.07, 6.45) is 4.76. The molecular formula is C11H20ClN3O2S. The van der Waals surface area contributed by atoms with Gasteiger partial charge in [0.1, 0.15) is 0 Å². The van der Waals surface area contributed by atoms with E-state index < -0.39 is 10.0 Å². The number of nitrogens with one attached hydrogen (secondary N) is 1. The second kappa shape index (κ2) is 7.11. The fraction of sp³-hybridized carbons (Fsp3) is 0.727. The van der Waals surface area contributed by atoms with Crippen molar-refractivity contribution in [1.82, 2.24) is 14.3 Å². The van der Waals surface area contributed by atoms with Gasteiger partial charge in [0.15, 0.2) is 5.03 Å². The number of nitrogens with zero attached hydrogens (tertiary/aromatic N) is 2. The number of halogens is 1. The molecule has 1 heterocycles. The van der Waals surface area contributed by atoms with Crippen LogP contribution in [0.3, 0.4) is 0 Å². The van der Waals surface area contributed by atoms with Crippen LogP contribution in [0.25, 0.3) is 0 Å². The van der Waals surface area contributed by atoms with Crippen LogP contribution < -0.4 is 4.72 Å². The Hall–Kier alpha value is -0.590. The van der Waals surface area contributed by atoms with Crippen molar-refractivity contribution < 1.29 is 8.42 Å². The van der Waals surface area contributed by atoms with Crippen molar-refractivity contribution in [3.05, 3.63) is 12.5 Å². The van der Waals surface area contributed by atoms with E-state index in [9.17, 15) is 8.42 Å². The van der Waals surface area contributed by atoms with E-state index in [4.69, 9.17) is 11.6 Å². The Balaban J connectivity index is 2.64. The van der Waals surface area contributed by atoms with E-state index in [1.54, 1.807) is 4.57 Å². The maximum atomic E-state index is 12.0. The van der Waals surface area contributed by atoms with Crippen LogP contribution in [-0.2, 0) is 16.6 Å². The van der Waals surface area contributed by atoms with Crippen molar-refractivity contribution in [1.29, 1.82) is 0 Å². The molecule has 1 atom stereocenters. The third-order valence-corrected chi connectivity index (χ3v) is 4.43. The van der Waals surface area contributed by atoms with Crippen molar-refractivity contribution in [3.8, 4) is 0 Å². The summed E-state index contributed by atoms with van der Waals surface area (Å²) in [5.41, 5.74) is 0. The Kier molecular flexibility index (Phi) is 6.11. The summed E-state index contributed by atoms with van der Waals surface area (Å²) in [6, 6.07) is 0. The molecule has 0 aliphatic rings. The topological polar surface area (TPSA) is 64.0 Å². The summed E-state index contributed by atoms with van der Waals surface area (Å²) in [4.78, 5) is 3.89. The third kappa shape index (κ3) is 4.26. The molecule has 18 heavy (non-hydrogen) atoms. The highest BCUT2D eigenvalue weighted by Gasteiger charge is 2.18. The summed E-state index contributed by atoms with van der Waals surface area (Å²) >= 11 is 5.67. The van der Waals surface area contributed by atoms with E-state index in [-0.39, 0.29) is 10.9 Å². The molecule has 1 aromatic heterocycles. The lowest BCUT2D eigenvalue weighted by molar-refractivity contribution is 0.480. The maximum Gasteiger partial charge on any atom is 0.259 e. The lowest BCUT2D eigenvalue weighted by atomic mass is 10.0. The largest absolute Gasteiger partial charge is 0.336 e. The molecule has 1 rings (SSSR count). The number of aryl methyl sites for hydroxylation is 1. The highest BCUT2D eigenvalue weighted by Crippen LogP contribution is 2.10. The molecule has 0 bridgehead atoms. The molecule has 1 N–H and O–H groups in total. The molecule has 0 fully saturated rings. The first kappa shape index (κ1) is 15.5. The molecule has 104 valence electrons. The predicted octanol–water partition coefficient (Wildman–Crippen LogP) is 1.84. The van der Waals surface area contributed by atoms with E-state index in [0.717, 1.165) is 12.8 Å². The number of hydrogen-bond acceptors (Lipinski definition) is 3. The summed E-state index contributed by atoms with van der Waals surface area (Å²) in [7, 11) is -3.50. The number of imidazole rings is 1. The molecule has 1 aromatic rings. The van der Waals surface area contributed by atoms with Crippen molar-refractivity contribution in [2.75, 3.05) is 12.4 Å². The molecule has 0 spiro atoms. The Bertz CT molecular complexity index is 459. The minimum Gasteiger partial charge on any atom is -0.336 e. The van der Waals surface area contributed by atoms with Crippen LogP contribution >= 0.6 is 11.6 Å².